The minimum absolute atomic E-state index is 0.0258. The molecule has 0 bridgehead atoms. The number of esters is 1. The summed E-state index contributed by atoms with van der Waals surface area (Å²) < 4.78 is 4.75. The van der Waals surface area contributed by atoms with Crippen molar-refractivity contribution in [3.63, 3.8) is 0 Å². The molecule has 5 nitrogen and oxygen atoms in total. The van der Waals surface area contributed by atoms with Crippen molar-refractivity contribution in [1.82, 2.24) is 4.90 Å². The maximum absolute atomic E-state index is 12.0. The Hall–Kier alpha value is -2.04. The third-order valence-corrected chi connectivity index (χ3v) is 3.07. The molecule has 0 aliphatic carbocycles. The molecule has 0 saturated heterocycles. The Morgan fingerprint density at radius 3 is 2.26 bits per heavy atom. The first-order valence-electron chi connectivity index (χ1n) is 6.01. The van der Waals surface area contributed by atoms with Crippen molar-refractivity contribution in [1.29, 1.82) is 0 Å². The van der Waals surface area contributed by atoms with Crippen LogP contribution >= 0.6 is 0 Å². The van der Waals surface area contributed by atoms with Gasteiger partial charge in [-0.1, -0.05) is 12.1 Å². The highest BCUT2D eigenvalue weighted by molar-refractivity contribution is 5.97. The summed E-state index contributed by atoms with van der Waals surface area (Å²) in [5.74, 6) is -0.436. The van der Waals surface area contributed by atoms with E-state index in [-0.39, 0.29) is 11.9 Å². The summed E-state index contributed by atoms with van der Waals surface area (Å²) in [6.07, 6.45) is 0. The lowest BCUT2D eigenvalue weighted by Gasteiger charge is -2.29. The summed E-state index contributed by atoms with van der Waals surface area (Å²) in [6, 6.07) is 6.71. The molecular formula is C14H20N2O3. The quantitative estimate of drug-likeness (QED) is 0.771. The van der Waals surface area contributed by atoms with Crippen LogP contribution in [0.2, 0.25) is 0 Å². The number of nitrogens with zero attached hydrogens (tertiary/aromatic N) is 2. The minimum atomic E-state index is -0.410. The van der Waals surface area contributed by atoms with Crippen molar-refractivity contribution in [3.8, 4) is 0 Å². The normalized spacial score (nSPS) is 11.6. The van der Waals surface area contributed by atoms with Crippen molar-refractivity contribution in [2.45, 2.75) is 13.0 Å². The van der Waals surface area contributed by atoms with Gasteiger partial charge < -0.3 is 14.5 Å². The third kappa shape index (κ3) is 3.24. The second-order valence-corrected chi connectivity index (χ2v) is 4.53. The van der Waals surface area contributed by atoms with Crippen molar-refractivity contribution in [2.24, 2.45) is 0 Å². The van der Waals surface area contributed by atoms with E-state index in [1.165, 1.54) is 12.0 Å². The number of ether oxygens (including phenoxy) is 1. The van der Waals surface area contributed by atoms with E-state index >= 15 is 0 Å². The average Bonchev–Trinajstić information content (AvgIpc) is 2.43. The maximum atomic E-state index is 12.0. The highest BCUT2D eigenvalue weighted by Gasteiger charge is 2.23. The summed E-state index contributed by atoms with van der Waals surface area (Å²) in [5, 5.41) is 0. The molecule has 0 radical (unpaired) electrons. The smallest absolute Gasteiger partial charge is 0.339 e. The van der Waals surface area contributed by atoms with Crippen LogP contribution in [0.15, 0.2) is 24.3 Å². The molecule has 0 aliphatic rings. The number of rotatable bonds is 4. The van der Waals surface area contributed by atoms with Crippen molar-refractivity contribution in [2.75, 3.05) is 33.2 Å². The molecule has 1 amide bonds. The van der Waals surface area contributed by atoms with Crippen LogP contribution in [0.5, 0.6) is 0 Å². The number of anilines is 1. The molecule has 104 valence electrons. The molecule has 1 aromatic rings. The Bertz CT molecular complexity index is 472. The van der Waals surface area contributed by atoms with Gasteiger partial charge in [-0.25, -0.2) is 4.79 Å². The summed E-state index contributed by atoms with van der Waals surface area (Å²) in [4.78, 5) is 27.0. The van der Waals surface area contributed by atoms with Gasteiger partial charge in [0.15, 0.2) is 0 Å². The number of carbonyl (C=O) groups excluding carboxylic acids is 2. The monoisotopic (exact) mass is 264 g/mol. The number of methoxy groups -OCH3 is 1. The highest BCUT2D eigenvalue weighted by Crippen LogP contribution is 2.22. The molecule has 0 heterocycles. The minimum Gasteiger partial charge on any atom is -0.465 e. The van der Waals surface area contributed by atoms with Gasteiger partial charge >= 0.3 is 5.97 Å². The Labute approximate surface area is 113 Å². The van der Waals surface area contributed by atoms with Crippen LogP contribution in [0.1, 0.15) is 17.3 Å². The van der Waals surface area contributed by atoms with Gasteiger partial charge in [0.25, 0.3) is 0 Å². The Balaban J connectivity index is 3.09. The van der Waals surface area contributed by atoms with E-state index in [1.54, 1.807) is 51.2 Å². The van der Waals surface area contributed by atoms with E-state index in [9.17, 15) is 9.59 Å². The molecule has 0 aromatic heterocycles. The van der Waals surface area contributed by atoms with E-state index in [2.05, 4.69) is 0 Å². The Kier molecular flexibility index (Phi) is 4.92. The van der Waals surface area contributed by atoms with Crippen LogP contribution in [0.3, 0.4) is 0 Å². The third-order valence-electron chi connectivity index (χ3n) is 3.07. The van der Waals surface area contributed by atoms with Gasteiger partial charge in [0.2, 0.25) is 5.91 Å². The van der Waals surface area contributed by atoms with E-state index in [0.29, 0.717) is 11.3 Å². The van der Waals surface area contributed by atoms with Gasteiger partial charge in [-0.2, -0.15) is 0 Å². The van der Waals surface area contributed by atoms with Crippen LogP contribution < -0.4 is 4.90 Å². The van der Waals surface area contributed by atoms with Gasteiger partial charge in [-0.3, -0.25) is 4.79 Å². The first-order valence-corrected chi connectivity index (χ1v) is 6.01. The SMILES string of the molecule is COC(=O)c1ccccc1N(C)C(C)C(=O)N(C)C. The molecule has 0 aliphatic heterocycles. The number of amides is 1. The number of para-hydroxylation sites is 1. The number of hydrogen-bond acceptors (Lipinski definition) is 4. The molecule has 19 heavy (non-hydrogen) atoms. The summed E-state index contributed by atoms with van der Waals surface area (Å²) >= 11 is 0. The van der Waals surface area contributed by atoms with Crippen LogP contribution in [0.25, 0.3) is 0 Å². The van der Waals surface area contributed by atoms with Crippen LogP contribution in [-0.2, 0) is 9.53 Å². The largest absolute Gasteiger partial charge is 0.465 e. The highest BCUT2D eigenvalue weighted by atomic mass is 16.5. The molecular weight excluding hydrogens is 244 g/mol. The fourth-order valence-electron chi connectivity index (χ4n) is 1.81. The lowest BCUT2D eigenvalue weighted by atomic mass is 10.1. The van der Waals surface area contributed by atoms with Gasteiger partial charge in [0, 0.05) is 21.1 Å². The molecule has 1 rings (SSSR count). The molecule has 0 saturated carbocycles. The topological polar surface area (TPSA) is 49.9 Å². The van der Waals surface area contributed by atoms with Gasteiger partial charge in [-0.05, 0) is 19.1 Å². The van der Waals surface area contributed by atoms with E-state index in [0.717, 1.165) is 0 Å². The number of hydrogen-bond donors (Lipinski definition) is 0. The molecule has 0 spiro atoms. The molecule has 1 atom stereocenters. The van der Waals surface area contributed by atoms with Gasteiger partial charge in [0.05, 0.1) is 18.4 Å². The fraction of sp³-hybridized carbons (Fsp3) is 0.429. The Morgan fingerprint density at radius 2 is 1.74 bits per heavy atom. The summed E-state index contributed by atoms with van der Waals surface area (Å²) in [7, 11) is 6.54. The standard InChI is InChI=1S/C14H20N2O3/c1-10(13(17)15(2)3)16(4)12-9-7-6-8-11(12)14(18)19-5/h6-10H,1-5H3. The molecule has 0 fully saturated rings. The molecule has 5 heteroatoms. The summed E-state index contributed by atoms with van der Waals surface area (Å²) in [5.41, 5.74) is 1.13. The lowest BCUT2D eigenvalue weighted by molar-refractivity contribution is -0.129. The average molecular weight is 264 g/mol. The van der Waals surface area contributed by atoms with Crippen molar-refractivity contribution >= 4 is 17.6 Å². The number of likely N-dealkylation sites (N-methyl/N-ethyl adjacent to an activating group) is 2. The number of benzene rings is 1. The van der Waals surface area contributed by atoms with Gasteiger partial charge in [-0.15, -0.1) is 0 Å². The molecule has 0 N–H and O–H groups in total. The van der Waals surface area contributed by atoms with E-state index in [4.69, 9.17) is 4.74 Å². The van der Waals surface area contributed by atoms with Crippen LogP contribution in [0.4, 0.5) is 5.69 Å². The summed E-state index contributed by atoms with van der Waals surface area (Å²) in [6.45, 7) is 1.80. The predicted molar refractivity (Wildman–Crippen MR) is 74.3 cm³/mol. The van der Waals surface area contributed by atoms with Crippen LogP contribution in [-0.4, -0.2) is 51.1 Å². The van der Waals surface area contributed by atoms with Crippen molar-refractivity contribution in [3.05, 3.63) is 29.8 Å². The van der Waals surface area contributed by atoms with E-state index in [1.807, 2.05) is 6.07 Å². The predicted octanol–water partition coefficient (Wildman–Crippen LogP) is 1.39. The second-order valence-electron chi connectivity index (χ2n) is 4.53. The van der Waals surface area contributed by atoms with Crippen molar-refractivity contribution < 1.29 is 14.3 Å². The molecule has 1 aromatic carbocycles. The molecule has 1 unspecified atom stereocenters. The van der Waals surface area contributed by atoms with Gasteiger partial charge in [0.1, 0.15) is 6.04 Å². The fourth-order valence-corrected chi connectivity index (χ4v) is 1.81. The van der Waals surface area contributed by atoms with E-state index < -0.39 is 5.97 Å². The second kappa shape index (κ2) is 6.22. The first-order chi connectivity index (χ1) is 8.90. The zero-order valence-corrected chi connectivity index (χ0v) is 12.0. The van der Waals surface area contributed by atoms with Crippen LogP contribution in [0, 0.1) is 0 Å². The Morgan fingerprint density at radius 1 is 1.16 bits per heavy atom. The number of carbonyl (C=O) groups is 2. The lowest BCUT2D eigenvalue weighted by Crippen LogP contribution is -2.43. The zero-order valence-electron chi connectivity index (χ0n) is 12.0. The zero-order chi connectivity index (χ0) is 14.6. The first kappa shape index (κ1) is 15.0. The maximum Gasteiger partial charge on any atom is 0.339 e.